The van der Waals surface area contributed by atoms with Crippen LogP contribution in [0.5, 0.6) is 0 Å². The second kappa shape index (κ2) is 6.85. The van der Waals surface area contributed by atoms with Gasteiger partial charge in [-0.2, -0.15) is 11.8 Å². The number of nitrogens with zero attached hydrogens (tertiary/aromatic N) is 1. The summed E-state index contributed by atoms with van der Waals surface area (Å²) in [6.07, 6.45) is 1.94. The molecule has 1 amide bonds. The Hall–Kier alpha value is -1.40. The standard InChI is InChI=1S/C14H23N3O2S/c1-14(19,9-20-4)8-16-12-7-10(15)5-6-11(12)13(18)17(2)3/h5-7,16,19H,8-9,15H2,1-4H3. The lowest BCUT2D eigenvalue weighted by molar-refractivity contribution is 0.0826. The number of aliphatic hydroxyl groups is 1. The van der Waals surface area contributed by atoms with Crippen molar-refractivity contribution in [3.05, 3.63) is 23.8 Å². The number of hydrogen-bond acceptors (Lipinski definition) is 5. The van der Waals surface area contributed by atoms with Gasteiger partial charge in [0.05, 0.1) is 11.2 Å². The minimum absolute atomic E-state index is 0.1000. The maximum atomic E-state index is 12.1. The van der Waals surface area contributed by atoms with Crippen LogP contribution in [0.2, 0.25) is 0 Å². The monoisotopic (exact) mass is 297 g/mol. The van der Waals surface area contributed by atoms with Crippen LogP contribution >= 0.6 is 11.8 Å². The predicted octanol–water partition coefficient (Wildman–Crippen LogP) is 1.50. The molecule has 1 aromatic carbocycles. The Bertz CT molecular complexity index is 475. The van der Waals surface area contributed by atoms with E-state index < -0.39 is 5.60 Å². The molecule has 0 saturated heterocycles. The van der Waals surface area contributed by atoms with Gasteiger partial charge in [-0.25, -0.2) is 0 Å². The fraction of sp³-hybridized carbons (Fsp3) is 0.500. The van der Waals surface area contributed by atoms with E-state index in [1.165, 1.54) is 4.90 Å². The van der Waals surface area contributed by atoms with E-state index >= 15 is 0 Å². The van der Waals surface area contributed by atoms with E-state index in [4.69, 9.17) is 5.73 Å². The highest BCUT2D eigenvalue weighted by Crippen LogP contribution is 2.22. The molecule has 1 rings (SSSR count). The molecule has 0 heterocycles. The number of carbonyl (C=O) groups excluding carboxylic acids is 1. The average Bonchev–Trinajstić information content (AvgIpc) is 2.35. The molecule has 6 heteroatoms. The van der Waals surface area contributed by atoms with E-state index in [1.54, 1.807) is 51.0 Å². The summed E-state index contributed by atoms with van der Waals surface area (Å²) in [6.45, 7) is 2.11. The van der Waals surface area contributed by atoms with Crippen LogP contribution in [-0.4, -0.2) is 54.2 Å². The van der Waals surface area contributed by atoms with Crippen LogP contribution in [0.3, 0.4) is 0 Å². The van der Waals surface area contributed by atoms with Gasteiger partial charge >= 0.3 is 0 Å². The van der Waals surface area contributed by atoms with Gasteiger partial charge in [-0.1, -0.05) is 0 Å². The van der Waals surface area contributed by atoms with Crippen LogP contribution in [0.15, 0.2) is 18.2 Å². The highest BCUT2D eigenvalue weighted by atomic mass is 32.2. The molecule has 0 aliphatic carbocycles. The highest BCUT2D eigenvalue weighted by molar-refractivity contribution is 7.98. The summed E-state index contributed by atoms with van der Waals surface area (Å²) >= 11 is 1.57. The molecule has 0 radical (unpaired) electrons. The van der Waals surface area contributed by atoms with Crippen molar-refractivity contribution in [3.63, 3.8) is 0 Å². The number of nitrogen functional groups attached to an aromatic ring is 1. The van der Waals surface area contributed by atoms with Gasteiger partial charge in [0.25, 0.3) is 5.91 Å². The van der Waals surface area contributed by atoms with Crippen LogP contribution < -0.4 is 11.1 Å². The molecule has 1 atom stereocenters. The minimum Gasteiger partial charge on any atom is -0.399 e. The minimum atomic E-state index is -0.845. The molecule has 5 nitrogen and oxygen atoms in total. The number of benzene rings is 1. The zero-order valence-electron chi connectivity index (χ0n) is 12.4. The van der Waals surface area contributed by atoms with Gasteiger partial charge in [0.2, 0.25) is 0 Å². The molecule has 0 aromatic heterocycles. The van der Waals surface area contributed by atoms with Crippen molar-refractivity contribution in [3.8, 4) is 0 Å². The number of hydrogen-bond donors (Lipinski definition) is 3. The van der Waals surface area contributed by atoms with Crippen LogP contribution in [0.1, 0.15) is 17.3 Å². The van der Waals surface area contributed by atoms with Gasteiger partial charge in [-0.15, -0.1) is 0 Å². The van der Waals surface area contributed by atoms with Gasteiger partial charge in [-0.05, 0) is 31.4 Å². The molecule has 0 bridgehead atoms. The number of rotatable bonds is 6. The summed E-state index contributed by atoms with van der Waals surface area (Å²) in [5.41, 5.74) is 6.69. The van der Waals surface area contributed by atoms with Gasteiger partial charge in [0, 0.05) is 37.8 Å². The summed E-state index contributed by atoms with van der Waals surface area (Å²) in [4.78, 5) is 13.6. The Morgan fingerprint density at radius 2 is 2.15 bits per heavy atom. The fourth-order valence-electron chi connectivity index (χ4n) is 1.78. The van der Waals surface area contributed by atoms with Crippen molar-refractivity contribution >= 4 is 29.0 Å². The van der Waals surface area contributed by atoms with Crippen molar-refractivity contribution in [2.75, 3.05) is 43.7 Å². The zero-order chi connectivity index (χ0) is 15.3. The largest absolute Gasteiger partial charge is 0.399 e. The lowest BCUT2D eigenvalue weighted by Gasteiger charge is -2.24. The summed E-state index contributed by atoms with van der Waals surface area (Å²) in [5.74, 6) is 0.510. The Labute approximate surface area is 124 Å². The molecule has 20 heavy (non-hydrogen) atoms. The lowest BCUT2D eigenvalue weighted by atomic mass is 10.1. The highest BCUT2D eigenvalue weighted by Gasteiger charge is 2.21. The summed E-state index contributed by atoms with van der Waals surface area (Å²) in [5, 5.41) is 13.3. The normalized spacial score (nSPS) is 13.7. The summed E-state index contributed by atoms with van der Waals surface area (Å²) in [6, 6.07) is 5.11. The molecule has 0 fully saturated rings. The summed E-state index contributed by atoms with van der Waals surface area (Å²) in [7, 11) is 3.40. The third-order valence-corrected chi connectivity index (χ3v) is 3.71. The van der Waals surface area contributed by atoms with Gasteiger partial charge in [0.15, 0.2) is 0 Å². The third-order valence-electron chi connectivity index (χ3n) is 2.80. The van der Waals surface area contributed by atoms with E-state index in [1.807, 2.05) is 6.26 Å². The number of carbonyl (C=O) groups is 1. The SMILES string of the molecule is CSCC(C)(O)CNc1cc(N)ccc1C(=O)N(C)C. The van der Waals surface area contributed by atoms with E-state index in [-0.39, 0.29) is 5.91 Å². The van der Waals surface area contributed by atoms with Crippen molar-refractivity contribution in [1.82, 2.24) is 4.90 Å². The Morgan fingerprint density at radius 1 is 1.50 bits per heavy atom. The second-order valence-corrected chi connectivity index (χ2v) is 6.15. The maximum Gasteiger partial charge on any atom is 0.255 e. The Balaban J connectivity index is 2.93. The van der Waals surface area contributed by atoms with Crippen LogP contribution in [-0.2, 0) is 0 Å². The van der Waals surface area contributed by atoms with Crippen molar-refractivity contribution in [2.45, 2.75) is 12.5 Å². The Kier molecular flexibility index (Phi) is 5.71. The van der Waals surface area contributed by atoms with Gasteiger partial charge < -0.3 is 21.1 Å². The van der Waals surface area contributed by atoms with E-state index in [9.17, 15) is 9.90 Å². The number of anilines is 2. The first-order chi connectivity index (χ1) is 9.26. The molecule has 112 valence electrons. The van der Waals surface area contributed by atoms with E-state index in [0.29, 0.717) is 29.2 Å². The number of thioether (sulfide) groups is 1. The van der Waals surface area contributed by atoms with Crippen molar-refractivity contribution in [2.24, 2.45) is 0 Å². The summed E-state index contributed by atoms with van der Waals surface area (Å²) < 4.78 is 0. The topological polar surface area (TPSA) is 78.6 Å². The van der Waals surface area contributed by atoms with Gasteiger partial charge in [0.1, 0.15) is 0 Å². The first kappa shape index (κ1) is 16.7. The second-order valence-electron chi connectivity index (χ2n) is 5.29. The lowest BCUT2D eigenvalue weighted by Crippen LogP contribution is -2.36. The van der Waals surface area contributed by atoms with E-state index in [2.05, 4.69) is 5.32 Å². The van der Waals surface area contributed by atoms with Crippen LogP contribution in [0.4, 0.5) is 11.4 Å². The number of nitrogens with one attached hydrogen (secondary N) is 1. The molecule has 0 aliphatic heterocycles. The molecule has 1 aromatic rings. The zero-order valence-corrected chi connectivity index (χ0v) is 13.3. The van der Waals surface area contributed by atoms with Crippen molar-refractivity contribution in [1.29, 1.82) is 0 Å². The molecule has 0 aliphatic rings. The molecule has 0 spiro atoms. The maximum absolute atomic E-state index is 12.1. The van der Waals surface area contributed by atoms with Crippen LogP contribution in [0.25, 0.3) is 0 Å². The first-order valence-electron chi connectivity index (χ1n) is 6.33. The van der Waals surface area contributed by atoms with Crippen molar-refractivity contribution < 1.29 is 9.90 Å². The quantitative estimate of drug-likeness (QED) is 0.694. The first-order valence-corrected chi connectivity index (χ1v) is 7.72. The van der Waals surface area contributed by atoms with Gasteiger partial charge in [-0.3, -0.25) is 4.79 Å². The van der Waals surface area contributed by atoms with E-state index in [0.717, 1.165) is 0 Å². The third kappa shape index (κ3) is 4.61. The average molecular weight is 297 g/mol. The molecule has 4 N–H and O–H groups in total. The molecular formula is C14H23N3O2S. The van der Waals surface area contributed by atoms with Crippen LogP contribution in [0, 0.1) is 0 Å². The molecule has 1 unspecified atom stereocenters. The predicted molar refractivity (Wildman–Crippen MR) is 86.4 cm³/mol. The molecule has 0 saturated carbocycles. The Morgan fingerprint density at radius 3 is 2.70 bits per heavy atom. The fourth-order valence-corrected chi connectivity index (χ4v) is 2.51. The molecular weight excluding hydrogens is 274 g/mol. The number of amides is 1. The number of nitrogens with two attached hydrogens (primary N) is 1. The smallest absolute Gasteiger partial charge is 0.255 e.